The Labute approximate surface area is 69.0 Å². The van der Waals surface area contributed by atoms with Crippen LogP contribution in [-0.4, -0.2) is 19.3 Å². The van der Waals surface area contributed by atoms with Gasteiger partial charge in [0, 0.05) is 0 Å². The number of carbonyl (C=O) groups is 1. The topological polar surface area (TPSA) is 110 Å². The van der Waals surface area contributed by atoms with E-state index in [1.54, 1.807) is 6.07 Å². The molecule has 0 aromatic carbocycles. The Hall–Kier alpha value is -1.29. The van der Waals surface area contributed by atoms with Crippen molar-refractivity contribution < 1.29 is 17.4 Å². The molecule has 0 aromatic heterocycles. The fourth-order valence-electron chi connectivity index (χ4n) is 0.719. The van der Waals surface area contributed by atoms with Crippen molar-refractivity contribution in [2.75, 3.05) is 0 Å². The number of nitriles is 1. The molecule has 0 spiro atoms. The first-order valence-corrected chi connectivity index (χ1v) is 4.49. The van der Waals surface area contributed by atoms with Crippen LogP contribution in [0.15, 0.2) is 0 Å². The van der Waals surface area contributed by atoms with E-state index < -0.39 is 21.0 Å². The zero-order valence-corrected chi connectivity index (χ0v) is 6.80. The molecule has 1 amide bonds. The van der Waals surface area contributed by atoms with Crippen LogP contribution in [0.5, 0.6) is 0 Å². The molecule has 0 aromatic rings. The van der Waals surface area contributed by atoms with E-state index in [1.807, 2.05) is 0 Å². The van der Waals surface area contributed by atoms with Gasteiger partial charge in [-0.25, -0.2) is 4.79 Å². The van der Waals surface area contributed by atoms with Gasteiger partial charge in [0.25, 0.3) is 0 Å². The summed E-state index contributed by atoms with van der Waals surface area (Å²) >= 11 is 0. The lowest BCUT2D eigenvalue weighted by molar-refractivity contribution is 0.212. The van der Waals surface area contributed by atoms with Gasteiger partial charge in [0.1, 0.15) is 0 Å². The quantitative estimate of drug-likeness (QED) is 0.588. The first kappa shape index (κ1) is 8.80. The molecule has 1 aliphatic rings. The fourth-order valence-corrected chi connectivity index (χ4v) is 1.81. The summed E-state index contributed by atoms with van der Waals surface area (Å²) in [5.41, 5.74) is 4.51. The molecule has 1 saturated carbocycles. The van der Waals surface area contributed by atoms with Crippen molar-refractivity contribution in [3.8, 4) is 6.07 Å². The molecule has 2 N–H and O–H groups in total. The maximum atomic E-state index is 11.0. The third-order valence-corrected chi connectivity index (χ3v) is 3.42. The summed E-state index contributed by atoms with van der Waals surface area (Å²) in [4.78, 5) is 10.1. The second-order valence-electron chi connectivity index (χ2n) is 2.46. The first-order valence-electron chi connectivity index (χ1n) is 3.08. The van der Waals surface area contributed by atoms with E-state index in [1.165, 1.54) is 0 Å². The summed E-state index contributed by atoms with van der Waals surface area (Å²) in [5, 5.41) is 8.44. The van der Waals surface area contributed by atoms with Crippen LogP contribution in [0.3, 0.4) is 0 Å². The van der Waals surface area contributed by atoms with Crippen molar-refractivity contribution in [3.05, 3.63) is 0 Å². The lowest BCUT2D eigenvalue weighted by Gasteiger charge is -2.05. The van der Waals surface area contributed by atoms with Crippen LogP contribution in [0.4, 0.5) is 4.79 Å². The molecule has 1 aliphatic carbocycles. The largest absolute Gasteiger partial charge is 0.420 e. The smallest absolute Gasteiger partial charge is 0.334 e. The minimum atomic E-state index is -4.13. The second-order valence-corrected chi connectivity index (χ2v) is 4.32. The van der Waals surface area contributed by atoms with E-state index in [0.29, 0.717) is 0 Å². The Bertz CT molecular complexity index is 348. The lowest BCUT2D eigenvalue weighted by Crippen LogP contribution is -2.28. The van der Waals surface area contributed by atoms with Crippen LogP contribution in [0.1, 0.15) is 12.8 Å². The predicted molar refractivity (Wildman–Crippen MR) is 37.2 cm³/mol. The highest BCUT2D eigenvalue weighted by atomic mass is 32.2. The van der Waals surface area contributed by atoms with Gasteiger partial charge in [-0.3, -0.25) is 0 Å². The monoisotopic (exact) mass is 190 g/mol. The van der Waals surface area contributed by atoms with Crippen molar-refractivity contribution in [2.45, 2.75) is 17.6 Å². The number of primary amides is 1. The Morgan fingerprint density at radius 3 is 2.33 bits per heavy atom. The Morgan fingerprint density at radius 1 is 1.58 bits per heavy atom. The molecule has 12 heavy (non-hydrogen) atoms. The summed E-state index contributed by atoms with van der Waals surface area (Å²) in [6, 6.07) is 1.58. The Balaban J connectivity index is 2.89. The SMILES string of the molecule is N#CC1(S(=O)(=O)OC(N)=O)CC1. The molecule has 0 atom stereocenters. The number of carbonyl (C=O) groups excluding carboxylic acids is 1. The maximum absolute atomic E-state index is 11.0. The Morgan fingerprint density at radius 2 is 2.08 bits per heavy atom. The Kier molecular flexibility index (Phi) is 1.72. The number of hydrogen-bond donors (Lipinski definition) is 1. The van der Waals surface area contributed by atoms with E-state index >= 15 is 0 Å². The molecule has 0 unspecified atom stereocenters. The van der Waals surface area contributed by atoms with Gasteiger partial charge in [-0.1, -0.05) is 0 Å². The third-order valence-electron chi connectivity index (χ3n) is 1.58. The number of rotatable bonds is 2. The minimum absolute atomic E-state index is 0.194. The van der Waals surface area contributed by atoms with Gasteiger partial charge in [0.05, 0.1) is 6.07 Å². The number of nitrogens with zero attached hydrogens (tertiary/aromatic N) is 1. The third kappa shape index (κ3) is 1.21. The first-order chi connectivity index (χ1) is 5.43. The molecule has 0 aliphatic heterocycles. The van der Waals surface area contributed by atoms with E-state index in [2.05, 4.69) is 9.92 Å². The molecule has 7 heteroatoms. The highest BCUT2D eigenvalue weighted by Crippen LogP contribution is 2.43. The van der Waals surface area contributed by atoms with Crippen molar-refractivity contribution >= 4 is 16.2 Å². The highest BCUT2D eigenvalue weighted by molar-refractivity contribution is 7.89. The maximum Gasteiger partial charge on any atom is 0.420 e. The number of hydrogen-bond acceptors (Lipinski definition) is 5. The van der Waals surface area contributed by atoms with Gasteiger partial charge in [-0.05, 0) is 12.8 Å². The predicted octanol–water partition coefficient (Wildman–Crippen LogP) is -0.532. The summed E-state index contributed by atoms with van der Waals surface area (Å²) in [6.45, 7) is 0. The van der Waals surface area contributed by atoms with Gasteiger partial charge in [-0.15, -0.1) is 0 Å². The van der Waals surface area contributed by atoms with Crippen molar-refractivity contribution in [2.24, 2.45) is 5.73 Å². The summed E-state index contributed by atoms with van der Waals surface area (Å²) in [7, 11) is -4.13. The molecule has 1 fully saturated rings. The van der Waals surface area contributed by atoms with E-state index in [9.17, 15) is 13.2 Å². The van der Waals surface area contributed by atoms with Crippen LogP contribution in [-0.2, 0) is 14.3 Å². The summed E-state index contributed by atoms with van der Waals surface area (Å²) in [6.07, 6.45) is -1.02. The number of amides is 1. The van der Waals surface area contributed by atoms with Gasteiger partial charge in [-0.2, -0.15) is 13.7 Å². The summed E-state index contributed by atoms with van der Waals surface area (Å²) in [5.74, 6) is 0. The normalized spacial score (nSPS) is 19.2. The molecule has 6 nitrogen and oxygen atoms in total. The van der Waals surface area contributed by atoms with Gasteiger partial charge < -0.3 is 9.92 Å². The molecule has 0 bridgehead atoms. The average molecular weight is 190 g/mol. The van der Waals surface area contributed by atoms with Crippen molar-refractivity contribution in [1.82, 2.24) is 0 Å². The highest BCUT2D eigenvalue weighted by Gasteiger charge is 2.58. The van der Waals surface area contributed by atoms with Gasteiger partial charge in [0.2, 0.25) is 0 Å². The number of nitrogens with two attached hydrogens (primary N) is 1. The van der Waals surface area contributed by atoms with Crippen LogP contribution in [0.25, 0.3) is 0 Å². The van der Waals surface area contributed by atoms with Crippen LogP contribution >= 0.6 is 0 Å². The molecular weight excluding hydrogens is 184 g/mol. The second kappa shape index (κ2) is 2.35. The molecule has 0 radical (unpaired) electrons. The van der Waals surface area contributed by atoms with E-state index in [4.69, 9.17) is 5.26 Å². The summed E-state index contributed by atoms with van der Waals surface area (Å²) < 4.78 is 24.3. The fraction of sp³-hybridized carbons (Fsp3) is 0.600. The van der Waals surface area contributed by atoms with Crippen LogP contribution in [0.2, 0.25) is 0 Å². The van der Waals surface area contributed by atoms with E-state index in [0.717, 1.165) is 0 Å². The molecule has 0 heterocycles. The average Bonchev–Trinajstić information content (AvgIpc) is 2.62. The van der Waals surface area contributed by atoms with Gasteiger partial charge >= 0.3 is 16.2 Å². The molecular formula is C5H6N2O4S. The zero-order valence-electron chi connectivity index (χ0n) is 5.98. The van der Waals surface area contributed by atoms with Crippen LogP contribution < -0.4 is 5.73 Å². The van der Waals surface area contributed by atoms with Crippen molar-refractivity contribution in [1.29, 1.82) is 5.26 Å². The minimum Gasteiger partial charge on any atom is -0.334 e. The lowest BCUT2D eigenvalue weighted by atomic mass is 10.5. The van der Waals surface area contributed by atoms with Crippen LogP contribution in [0, 0.1) is 11.3 Å². The van der Waals surface area contributed by atoms with E-state index in [-0.39, 0.29) is 12.8 Å². The zero-order chi connectivity index (χ0) is 9.41. The molecule has 0 saturated heterocycles. The van der Waals surface area contributed by atoms with Gasteiger partial charge in [0.15, 0.2) is 4.75 Å². The van der Waals surface area contributed by atoms with Crippen molar-refractivity contribution in [3.63, 3.8) is 0 Å². The molecule has 1 rings (SSSR count). The molecule has 66 valence electrons. The standard InChI is InChI=1S/C5H6N2O4S/c6-3-5(1-2-5)12(9,10)11-4(7)8/h1-2H2,(H2,7,8).